The van der Waals surface area contributed by atoms with Gasteiger partial charge in [-0.2, -0.15) is 0 Å². The molecule has 0 atom stereocenters. The van der Waals surface area contributed by atoms with Crippen LogP contribution in [0.15, 0.2) is 42.6 Å². The zero-order valence-corrected chi connectivity index (χ0v) is 8.42. The smallest absolute Gasteiger partial charge is 0.249 e. The van der Waals surface area contributed by atoms with E-state index in [1.165, 1.54) is 12.3 Å². The molecule has 0 unspecified atom stereocenters. The molecule has 1 amide bonds. The van der Waals surface area contributed by atoms with Gasteiger partial charge in [-0.15, -0.1) is 5.10 Å². The number of hydrogen-bond donors (Lipinski definition) is 2. The molecule has 0 spiro atoms. The summed E-state index contributed by atoms with van der Waals surface area (Å²) in [6.45, 7) is 0. The van der Waals surface area contributed by atoms with Gasteiger partial charge in [0.15, 0.2) is 5.82 Å². The molecule has 2 N–H and O–H groups in total. The number of hydrogen-bond acceptors (Lipinski definition) is 3. The third-order valence-corrected chi connectivity index (χ3v) is 1.89. The molecule has 16 heavy (non-hydrogen) atoms. The standard InChI is InChI=1S/C11H10N4O/c16-11(13-10-8-12-15-14-10)7-6-9-4-2-1-3-5-9/h1-8H,(H2,12,13,14,15,16)/b7-6+. The molecule has 5 heteroatoms. The summed E-state index contributed by atoms with van der Waals surface area (Å²) in [5.74, 6) is 0.167. The Bertz CT molecular complexity index is 476. The van der Waals surface area contributed by atoms with Crippen LogP contribution in [0.25, 0.3) is 6.08 Å². The maximum absolute atomic E-state index is 11.4. The molecule has 80 valence electrons. The summed E-state index contributed by atoms with van der Waals surface area (Å²) in [5.41, 5.74) is 0.970. The third-order valence-electron chi connectivity index (χ3n) is 1.89. The summed E-state index contributed by atoms with van der Waals surface area (Å²) in [6.07, 6.45) is 4.69. The first-order valence-electron chi connectivity index (χ1n) is 4.75. The number of nitrogens with one attached hydrogen (secondary N) is 2. The average Bonchev–Trinajstić information content (AvgIpc) is 2.81. The summed E-state index contributed by atoms with van der Waals surface area (Å²) in [7, 11) is 0. The van der Waals surface area contributed by atoms with Gasteiger partial charge in [0.1, 0.15) is 0 Å². The first-order valence-corrected chi connectivity index (χ1v) is 4.75. The largest absolute Gasteiger partial charge is 0.304 e. The number of nitrogens with zero attached hydrogens (tertiary/aromatic N) is 2. The molecule has 0 saturated heterocycles. The lowest BCUT2D eigenvalue weighted by Gasteiger charge is -1.94. The lowest BCUT2D eigenvalue weighted by atomic mass is 10.2. The summed E-state index contributed by atoms with van der Waals surface area (Å²) in [4.78, 5) is 11.4. The topological polar surface area (TPSA) is 70.7 Å². The number of rotatable bonds is 3. The first kappa shape index (κ1) is 10.1. The van der Waals surface area contributed by atoms with Crippen LogP contribution < -0.4 is 5.32 Å². The van der Waals surface area contributed by atoms with Crippen LogP contribution in [-0.2, 0) is 4.79 Å². The van der Waals surface area contributed by atoms with Gasteiger partial charge in [0.2, 0.25) is 5.91 Å². The zero-order chi connectivity index (χ0) is 11.2. The average molecular weight is 214 g/mol. The van der Waals surface area contributed by atoms with Crippen molar-refractivity contribution in [2.45, 2.75) is 0 Å². The van der Waals surface area contributed by atoms with E-state index < -0.39 is 0 Å². The number of benzene rings is 1. The molecule has 0 aliphatic rings. The van der Waals surface area contributed by atoms with Gasteiger partial charge in [0.25, 0.3) is 0 Å². The zero-order valence-electron chi connectivity index (χ0n) is 8.42. The van der Waals surface area contributed by atoms with E-state index in [1.807, 2.05) is 30.3 Å². The van der Waals surface area contributed by atoms with Crippen LogP contribution in [0.1, 0.15) is 5.56 Å². The normalized spacial score (nSPS) is 10.5. The van der Waals surface area contributed by atoms with Crippen LogP contribution in [0, 0.1) is 0 Å². The number of carbonyl (C=O) groups is 1. The minimum absolute atomic E-state index is 0.238. The summed E-state index contributed by atoms with van der Waals surface area (Å²) in [5, 5.41) is 12.2. The second kappa shape index (κ2) is 4.88. The summed E-state index contributed by atoms with van der Waals surface area (Å²) >= 11 is 0. The molecule has 5 nitrogen and oxygen atoms in total. The Labute approximate surface area is 92.2 Å². The molecule has 1 aromatic heterocycles. The van der Waals surface area contributed by atoms with E-state index in [0.717, 1.165) is 5.56 Å². The van der Waals surface area contributed by atoms with Crippen molar-refractivity contribution in [3.05, 3.63) is 48.2 Å². The second-order valence-corrected chi connectivity index (χ2v) is 3.09. The summed E-state index contributed by atoms with van der Waals surface area (Å²) < 4.78 is 0. The number of anilines is 1. The highest BCUT2D eigenvalue weighted by Crippen LogP contribution is 2.02. The minimum Gasteiger partial charge on any atom is -0.304 e. The monoisotopic (exact) mass is 214 g/mol. The fraction of sp³-hybridized carbons (Fsp3) is 0. The van der Waals surface area contributed by atoms with Crippen molar-refractivity contribution < 1.29 is 4.79 Å². The predicted octanol–water partition coefficient (Wildman–Crippen LogP) is 1.46. The van der Waals surface area contributed by atoms with Crippen molar-refractivity contribution in [1.29, 1.82) is 0 Å². The van der Waals surface area contributed by atoms with Crippen LogP contribution >= 0.6 is 0 Å². The van der Waals surface area contributed by atoms with Gasteiger partial charge in [0.05, 0.1) is 6.20 Å². The fourth-order valence-electron chi connectivity index (χ4n) is 1.17. The number of amides is 1. The number of aromatic amines is 1. The Kier molecular flexibility index (Phi) is 3.08. The second-order valence-electron chi connectivity index (χ2n) is 3.09. The first-order chi connectivity index (χ1) is 7.84. The van der Waals surface area contributed by atoms with Crippen molar-refractivity contribution in [3.8, 4) is 0 Å². The van der Waals surface area contributed by atoms with Gasteiger partial charge < -0.3 is 5.32 Å². The molecule has 0 aliphatic heterocycles. The Hall–Kier alpha value is -2.43. The lowest BCUT2D eigenvalue weighted by molar-refractivity contribution is -0.111. The predicted molar refractivity (Wildman–Crippen MR) is 60.5 cm³/mol. The van der Waals surface area contributed by atoms with E-state index in [9.17, 15) is 4.79 Å². The van der Waals surface area contributed by atoms with Crippen molar-refractivity contribution in [3.63, 3.8) is 0 Å². The molecule has 0 fully saturated rings. The highest BCUT2D eigenvalue weighted by Gasteiger charge is 1.98. The minimum atomic E-state index is -0.238. The van der Waals surface area contributed by atoms with E-state index in [4.69, 9.17) is 0 Å². The number of carbonyl (C=O) groups excluding carboxylic acids is 1. The van der Waals surface area contributed by atoms with Gasteiger partial charge in [-0.25, -0.2) is 0 Å². The number of aromatic nitrogens is 3. The maximum Gasteiger partial charge on any atom is 0.249 e. The molecule has 2 rings (SSSR count). The molecular weight excluding hydrogens is 204 g/mol. The van der Waals surface area contributed by atoms with E-state index in [2.05, 4.69) is 20.7 Å². The molecular formula is C11H10N4O. The van der Waals surface area contributed by atoms with Crippen molar-refractivity contribution in [2.24, 2.45) is 0 Å². The Morgan fingerprint density at radius 2 is 2.12 bits per heavy atom. The van der Waals surface area contributed by atoms with Crippen LogP contribution in [-0.4, -0.2) is 21.3 Å². The highest BCUT2D eigenvalue weighted by atomic mass is 16.1. The molecule has 2 aromatic rings. The van der Waals surface area contributed by atoms with Crippen molar-refractivity contribution in [2.75, 3.05) is 5.32 Å². The van der Waals surface area contributed by atoms with E-state index in [1.54, 1.807) is 6.08 Å². The molecule has 1 aromatic carbocycles. The van der Waals surface area contributed by atoms with Crippen LogP contribution in [0.2, 0.25) is 0 Å². The molecule has 1 heterocycles. The molecule has 0 aliphatic carbocycles. The van der Waals surface area contributed by atoms with Crippen molar-refractivity contribution >= 4 is 17.8 Å². The van der Waals surface area contributed by atoms with Gasteiger partial charge in [-0.3, -0.25) is 9.89 Å². The molecule has 0 radical (unpaired) electrons. The van der Waals surface area contributed by atoms with Crippen LogP contribution in [0.5, 0.6) is 0 Å². The third kappa shape index (κ3) is 2.78. The van der Waals surface area contributed by atoms with Gasteiger partial charge >= 0.3 is 0 Å². The Balaban J connectivity index is 1.95. The molecule has 0 saturated carbocycles. The van der Waals surface area contributed by atoms with E-state index in [-0.39, 0.29) is 5.91 Å². The van der Waals surface area contributed by atoms with Crippen LogP contribution in [0.4, 0.5) is 5.82 Å². The number of H-pyrrole nitrogens is 1. The Morgan fingerprint density at radius 3 is 2.81 bits per heavy atom. The highest BCUT2D eigenvalue weighted by molar-refractivity contribution is 6.01. The van der Waals surface area contributed by atoms with Gasteiger partial charge in [-0.1, -0.05) is 35.5 Å². The fourth-order valence-corrected chi connectivity index (χ4v) is 1.17. The van der Waals surface area contributed by atoms with Gasteiger partial charge in [0, 0.05) is 6.08 Å². The summed E-state index contributed by atoms with van der Waals surface area (Å²) in [6, 6.07) is 9.58. The van der Waals surface area contributed by atoms with E-state index in [0.29, 0.717) is 5.82 Å². The van der Waals surface area contributed by atoms with Crippen molar-refractivity contribution in [1.82, 2.24) is 15.4 Å². The molecule has 0 bridgehead atoms. The van der Waals surface area contributed by atoms with E-state index >= 15 is 0 Å². The SMILES string of the molecule is O=C(/C=C/c1ccccc1)Nc1c[nH]nn1. The van der Waals surface area contributed by atoms with Crippen LogP contribution in [0.3, 0.4) is 0 Å². The lowest BCUT2D eigenvalue weighted by Crippen LogP contribution is -2.07. The Morgan fingerprint density at radius 1 is 1.31 bits per heavy atom. The van der Waals surface area contributed by atoms with Gasteiger partial charge in [-0.05, 0) is 11.6 Å². The maximum atomic E-state index is 11.4. The quantitative estimate of drug-likeness (QED) is 0.760.